The fourth-order valence-electron chi connectivity index (χ4n) is 3.86. The third kappa shape index (κ3) is 5.08. The number of anilines is 1. The maximum Gasteiger partial charge on any atom is 0.247 e. The Morgan fingerprint density at radius 1 is 1.13 bits per heavy atom. The van der Waals surface area contributed by atoms with Crippen molar-refractivity contribution in [1.82, 2.24) is 9.62 Å². The summed E-state index contributed by atoms with van der Waals surface area (Å²) >= 11 is 5.91. The van der Waals surface area contributed by atoms with Crippen molar-refractivity contribution in [3.63, 3.8) is 0 Å². The lowest BCUT2D eigenvalue weighted by Crippen LogP contribution is -2.70. The van der Waals surface area contributed by atoms with Gasteiger partial charge in [-0.2, -0.15) is 4.31 Å². The standard InChI is InChI=1S/C22H26ClN3O4S/c1-15-9-16(2)11-19(10-15)26-20(27)13-25(31(4,29)30)14-22(26,3)21(28)24-12-17-5-7-18(23)8-6-17/h5-11H,12-14H2,1-4H3,(H,24,28). The molecular weight excluding hydrogens is 438 g/mol. The number of nitrogens with one attached hydrogen (secondary N) is 1. The summed E-state index contributed by atoms with van der Waals surface area (Å²) in [7, 11) is -3.67. The van der Waals surface area contributed by atoms with Gasteiger partial charge in [-0.3, -0.25) is 14.5 Å². The number of carbonyl (C=O) groups is 2. The van der Waals surface area contributed by atoms with Crippen LogP contribution < -0.4 is 10.2 Å². The van der Waals surface area contributed by atoms with Gasteiger partial charge >= 0.3 is 0 Å². The average molecular weight is 464 g/mol. The van der Waals surface area contributed by atoms with Crippen LogP contribution in [0.1, 0.15) is 23.6 Å². The van der Waals surface area contributed by atoms with E-state index in [2.05, 4.69) is 5.32 Å². The van der Waals surface area contributed by atoms with Crippen LogP contribution in [0.3, 0.4) is 0 Å². The van der Waals surface area contributed by atoms with Crippen molar-refractivity contribution < 1.29 is 18.0 Å². The molecule has 1 N–H and O–H groups in total. The van der Waals surface area contributed by atoms with Crippen LogP contribution in [-0.4, -0.2) is 49.4 Å². The summed E-state index contributed by atoms with van der Waals surface area (Å²) in [4.78, 5) is 27.9. The van der Waals surface area contributed by atoms with Crippen LogP contribution in [-0.2, 0) is 26.2 Å². The molecule has 1 aliphatic rings. The smallest absolute Gasteiger partial charge is 0.247 e. The van der Waals surface area contributed by atoms with Crippen LogP contribution in [0.25, 0.3) is 0 Å². The van der Waals surface area contributed by atoms with Crippen molar-refractivity contribution in [3.05, 3.63) is 64.2 Å². The molecule has 166 valence electrons. The number of benzene rings is 2. The maximum atomic E-state index is 13.4. The summed E-state index contributed by atoms with van der Waals surface area (Å²) in [6, 6.07) is 12.7. The second kappa shape index (κ2) is 8.61. The summed E-state index contributed by atoms with van der Waals surface area (Å²) in [5, 5.41) is 3.44. The zero-order chi connectivity index (χ0) is 23.0. The van der Waals surface area contributed by atoms with E-state index < -0.39 is 27.4 Å². The molecule has 1 saturated heterocycles. The number of hydrogen-bond acceptors (Lipinski definition) is 4. The second-order valence-electron chi connectivity index (χ2n) is 8.19. The van der Waals surface area contributed by atoms with Gasteiger partial charge in [-0.25, -0.2) is 8.42 Å². The minimum atomic E-state index is -3.67. The SMILES string of the molecule is Cc1cc(C)cc(N2C(=O)CN(S(C)(=O)=O)CC2(C)C(=O)NCc2ccc(Cl)cc2)c1. The van der Waals surface area contributed by atoms with E-state index >= 15 is 0 Å². The molecular formula is C22H26ClN3O4S. The van der Waals surface area contributed by atoms with E-state index in [1.807, 2.05) is 32.0 Å². The van der Waals surface area contributed by atoms with Gasteiger partial charge in [0.25, 0.3) is 0 Å². The van der Waals surface area contributed by atoms with Gasteiger partial charge in [0.1, 0.15) is 5.54 Å². The topological polar surface area (TPSA) is 86.8 Å². The van der Waals surface area contributed by atoms with E-state index in [1.54, 1.807) is 31.2 Å². The molecule has 0 radical (unpaired) electrons. The van der Waals surface area contributed by atoms with E-state index in [1.165, 1.54) is 4.90 Å². The summed E-state index contributed by atoms with van der Waals surface area (Å²) < 4.78 is 25.5. The molecule has 31 heavy (non-hydrogen) atoms. The predicted molar refractivity (Wildman–Crippen MR) is 122 cm³/mol. The first-order chi connectivity index (χ1) is 14.4. The lowest BCUT2D eigenvalue weighted by atomic mass is 9.93. The molecule has 1 unspecified atom stereocenters. The van der Waals surface area contributed by atoms with Crippen molar-refractivity contribution in [1.29, 1.82) is 0 Å². The third-order valence-electron chi connectivity index (χ3n) is 5.33. The molecule has 1 aliphatic heterocycles. The summed E-state index contributed by atoms with van der Waals surface area (Å²) in [6.07, 6.45) is 1.04. The average Bonchev–Trinajstić information content (AvgIpc) is 2.65. The van der Waals surface area contributed by atoms with Crippen LogP contribution in [0.4, 0.5) is 5.69 Å². The zero-order valence-electron chi connectivity index (χ0n) is 18.0. The first-order valence-corrected chi connectivity index (χ1v) is 12.0. The highest BCUT2D eigenvalue weighted by Gasteiger charge is 2.50. The van der Waals surface area contributed by atoms with Crippen molar-refractivity contribution in [2.45, 2.75) is 32.9 Å². The predicted octanol–water partition coefficient (Wildman–Crippen LogP) is 2.64. The maximum absolute atomic E-state index is 13.4. The molecule has 9 heteroatoms. The Balaban J connectivity index is 1.98. The van der Waals surface area contributed by atoms with E-state index in [0.29, 0.717) is 10.7 Å². The van der Waals surface area contributed by atoms with Crippen molar-refractivity contribution in [2.24, 2.45) is 0 Å². The summed E-state index contributed by atoms with van der Waals surface area (Å²) in [5.41, 5.74) is 1.86. The molecule has 3 rings (SSSR count). The quantitative estimate of drug-likeness (QED) is 0.738. The number of halogens is 1. The molecule has 0 saturated carbocycles. The Morgan fingerprint density at radius 3 is 2.26 bits per heavy atom. The Kier molecular flexibility index (Phi) is 6.45. The molecule has 0 spiro atoms. The molecule has 0 bridgehead atoms. The van der Waals surface area contributed by atoms with E-state index in [4.69, 9.17) is 11.6 Å². The van der Waals surface area contributed by atoms with Gasteiger partial charge in [0.2, 0.25) is 21.8 Å². The Morgan fingerprint density at radius 2 is 1.71 bits per heavy atom. The number of amides is 2. The molecule has 1 heterocycles. The number of aryl methyl sites for hydroxylation is 2. The monoisotopic (exact) mass is 463 g/mol. The van der Waals surface area contributed by atoms with Gasteiger partial charge in [-0.05, 0) is 61.7 Å². The number of piperazine rings is 1. The van der Waals surface area contributed by atoms with Crippen molar-refractivity contribution in [2.75, 3.05) is 24.2 Å². The van der Waals surface area contributed by atoms with Crippen molar-refractivity contribution >= 4 is 39.1 Å². The van der Waals surface area contributed by atoms with Crippen LogP contribution in [0.15, 0.2) is 42.5 Å². The molecule has 0 aliphatic carbocycles. The zero-order valence-corrected chi connectivity index (χ0v) is 19.5. The van der Waals surface area contributed by atoms with Crippen LogP contribution >= 0.6 is 11.6 Å². The summed E-state index contributed by atoms with van der Waals surface area (Å²) in [5.74, 6) is -0.894. The molecule has 1 atom stereocenters. The van der Waals surface area contributed by atoms with Gasteiger partial charge < -0.3 is 5.32 Å². The van der Waals surface area contributed by atoms with Crippen LogP contribution in [0.2, 0.25) is 5.02 Å². The minimum absolute atomic E-state index is 0.142. The fourth-order valence-corrected chi connectivity index (χ4v) is 4.82. The number of sulfonamides is 1. The van der Waals surface area contributed by atoms with Crippen LogP contribution in [0, 0.1) is 13.8 Å². The lowest BCUT2D eigenvalue weighted by Gasteiger charge is -2.46. The molecule has 2 aromatic carbocycles. The van der Waals surface area contributed by atoms with Gasteiger partial charge in [-0.1, -0.05) is 29.8 Å². The minimum Gasteiger partial charge on any atom is -0.350 e. The normalized spacial score (nSPS) is 20.0. The van der Waals surface area contributed by atoms with Crippen LogP contribution in [0.5, 0.6) is 0 Å². The highest BCUT2D eigenvalue weighted by Crippen LogP contribution is 2.32. The Labute approximate surface area is 188 Å². The first-order valence-electron chi connectivity index (χ1n) is 9.79. The lowest BCUT2D eigenvalue weighted by molar-refractivity contribution is -0.133. The van der Waals surface area contributed by atoms with E-state index in [-0.39, 0.29) is 19.6 Å². The molecule has 2 amide bonds. The third-order valence-corrected chi connectivity index (χ3v) is 6.78. The Bertz CT molecular complexity index is 1100. The van der Waals surface area contributed by atoms with Gasteiger partial charge in [-0.15, -0.1) is 0 Å². The van der Waals surface area contributed by atoms with Gasteiger partial charge in [0, 0.05) is 23.8 Å². The Hall–Kier alpha value is -2.42. The number of nitrogens with zero attached hydrogens (tertiary/aromatic N) is 2. The number of carbonyl (C=O) groups excluding carboxylic acids is 2. The molecule has 0 aromatic heterocycles. The van der Waals surface area contributed by atoms with E-state index in [0.717, 1.165) is 27.3 Å². The highest BCUT2D eigenvalue weighted by atomic mass is 35.5. The molecule has 7 nitrogen and oxygen atoms in total. The fraction of sp³-hybridized carbons (Fsp3) is 0.364. The molecule has 1 fully saturated rings. The number of rotatable bonds is 5. The molecule has 2 aromatic rings. The van der Waals surface area contributed by atoms with Gasteiger partial charge in [0.15, 0.2) is 0 Å². The van der Waals surface area contributed by atoms with E-state index in [9.17, 15) is 18.0 Å². The highest BCUT2D eigenvalue weighted by molar-refractivity contribution is 7.88. The van der Waals surface area contributed by atoms with Gasteiger partial charge in [0.05, 0.1) is 12.8 Å². The summed E-state index contributed by atoms with van der Waals surface area (Å²) in [6.45, 7) is 5.18. The van der Waals surface area contributed by atoms with Crippen molar-refractivity contribution in [3.8, 4) is 0 Å². The second-order valence-corrected chi connectivity index (χ2v) is 10.6. The number of hydrogen-bond donors (Lipinski definition) is 1. The first kappa shape index (κ1) is 23.2. The largest absolute Gasteiger partial charge is 0.350 e.